The molecule has 3 rings (SSSR count). The van der Waals surface area contributed by atoms with Crippen LogP contribution in [0.25, 0.3) is 0 Å². The van der Waals surface area contributed by atoms with Crippen molar-refractivity contribution in [2.45, 2.75) is 31.0 Å². The largest absolute Gasteiger partial charge is 0.496 e. The van der Waals surface area contributed by atoms with Crippen LogP contribution in [0.1, 0.15) is 29.9 Å². The van der Waals surface area contributed by atoms with Gasteiger partial charge in [0.15, 0.2) is 0 Å². The van der Waals surface area contributed by atoms with Gasteiger partial charge in [-0.05, 0) is 23.6 Å². The number of hydrogen-bond acceptors (Lipinski definition) is 4. The van der Waals surface area contributed by atoms with E-state index in [1.807, 2.05) is 18.2 Å². The summed E-state index contributed by atoms with van der Waals surface area (Å²) in [6.07, 6.45) is 1.35. The molecule has 90 valence electrons. The van der Waals surface area contributed by atoms with E-state index in [1.165, 1.54) is 0 Å². The second-order valence-electron chi connectivity index (χ2n) is 4.60. The van der Waals surface area contributed by atoms with Crippen molar-refractivity contribution in [3.8, 4) is 5.75 Å². The highest BCUT2D eigenvalue weighted by atomic mass is 16.7. The predicted molar refractivity (Wildman–Crippen MR) is 59.7 cm³/mol. The molecule has 1 fully saturated rings. The first-order valence-corrected chi connectivity index (χ1v) is 5.74. The fourth-order valence-electron chi connectivity index (χ4n) is 2.89. The number of esters is 1. The summed E-state index contributed by atoms with van der Waals surface area (Å²) in [4.78, 5) is 11.4. The number of ether oxygens (including phenoxy) is 2. The Morgan fingerprint density at radius 2 is 2.35 bits per heavy atom. The van der Waals surface area contributed by atoms with Gasteiger partial charge in [0.1, 0.15) is 5.75 Å². The third-order valence-electron chi connectivity index (χ3n) is 3.70. The van der Waals surface area contributed by atoms with Crippen LogP contribution in [-0.4, -0.2) is 24.0 Å². The molecule has 1 aliphatic carbocycles. The Kier molecular flexibility index (Phi) is 2.16. The molecule has 0 radical (unpaired) electrons. The highest BCUT2D eigenvalue weighted by molar-refractivity contribution is 5.74. The zero-order valence-corrected chi connectivity index (χ0v) is 9.60. The minimum absolute atomic E-state index is 0.247. The first-order chi connectivity index (χ1) is 8.14. The molecule has 0 amide bonds. The van der Waals surface area contributed by atoms with E-state index in [-0.39, 0.29) is 18.3 Å². The van der Waals surface area contributed by atoms with Gasteiger partial charge in [-0.1, -0.05) is 12.1 Å². The molecule has 1 aliphatic heterocycles. The standard InChI is InChI=1S/C13H14O4/c1-16-11-4-2-3-8-9(11)5-6-13(15)10(8)7-12(14)17-13/h2-4,10,15H,5-7H2,1H3/t10-,13-/m1/s1. The highest BCUT2D eigenvalue weighted by Gasteiger charge is 2.51. The summed E-state index contributed by atoms with van der Waals surface area (Å²) >= 11 is 0. The number of rotatable bonds is 1. The van der Waals surface area contributed by atoms with Crippen LogP contribution in [0.5, 0.6) is 5.75 Å². The van der Waals surface area contributed by atoms with Crippen molar-refractivity contribution in [2.75, 3.05) is 7.11 Å². The molecule has 4 nitrogen and oxygen atoms in total. The Bertz CT molecular complexity index is 482. The zero-order valence-electron chi connectivity index (χ0n) is 9.60. The lowest BCUT2D eigenvalue weighted by Crippen LogP contribution is -2.38. The Morgan fingerprint density at radius 3 is 3.12 bits per heavy atom. The summed E-state index contributed by atoms with van der Waals surface area (Å²) in [5, 5.41) is 10.3. The van der Waals surface area contributed by atoms with E-state index in [4.69, 9.17) is 9.47 Å². The Hall–Kier alpha value is -1.55. The molecule has 0 saturated carbocycles. The Balaban J connectivity index is 2.11. The van der Waals surface area contributed by atoms with E-state index in [0.717, 1.165) is 16.9 Å². The molecule has 2 aliphatic rings. The molecule has 0 bridgehead atoms. The van der Waals surface area contributed by atoms with Crippen LogP contribution < -0.4 is 4.74 Å². The summed E-state index contributed by atoms with van der Waals surface area (Å²) in [5.41, 5.74) is 2.06. The van der Waals surface area contributed by atoms with E-state index in [2.05, 4.69) is 0 Å². The topological polar surface area (TPSA) is 55.8 Å². The predicted octanol–water partition coefficient (Wildman–Crippen LogP) is 1.36. The van der Waals surface area contributed by atoms with Gasteiger partial charge in [-0.15, -0.1) is 0 Å². The minimum Gasteiger partial charge on any atom is -0.496 e. The number of methoxy groups -OCH3 is 1. The van der Waals surface area contributed by atoms with Gasteiger partial charge >= 0.3 is 5.97 Å². The molecule has 1 heterocycles. The third-order valence-corrected chi connectivity index (χ3v) is 3.70. The Labute approximate surface area is 99.2 Å². The zero-order chi connectivity index (χ0) is 12.0. The second kappa shape index (κ2) is 3.47. The van der Waals surface area contributed by atoms with Crippen LogP contribution in [0.2, 0.25) is 0 Å². The van der Waals surface area contributed by atoms with E-state index in [0.29, 0.717) is 12.8 Å². The minimum atomic E-state index is -1.31. The number of benzene rings is 1. The lowest BCUT2D eigenvalue weighted by atomic mass is 9.78. The molecule has 0 spiro atoms. The molecule has 2 atom stereocenters. The quantitative estimate of drug-likeness (QED) is 0.745. The first kappa shape index (κ1) is 10.6. The fourth-order valence-corrected chi connectivity index (χ4v) is 2.89. The van der Waals surface area contributed by atoms with Crippen LogP contribution in [0.4, 0.5) is 0 Å². The molecular formula is C13H14O4. The van der Waals surface area contributed by atoms with Crippen molar-refractivity contribution in [1.82, 2.24) is 0 Å². The highest BCUT2D eigenvalue weighted by Crippen LogP contribution is 2.48. The molecule has 1 saturated heterocycles. The average Bonchev–Trinajstić information content (AvgIpc) is 2.63. The number of fused-ring (bicyclic) bond motifs is 3. The van der Waals surface area contributed by atoms with E-state index in [9.17, 15) is 9.90 Å². The normalized spacial score (nSPS) is 30.5. The smallest absolute Gasteiger partial charge is 0.309 e. The molecule has 1 N–H and O–H groups in total. The van der Waals surface area contributed by atoms with Gasteiger partial charge < -0.3 is 14.6 Å². The molecule has 17 heavy (non-hydrogen) atoms. The van der Waals surface area contributed by atoms with Crippen LogP contribution in [0.15, 0.2) is 18.2 Å². The summed E-state index contributed by atoms with van der Waals surface area (Å²) in [5.74, 6) is -1.07. The van der Waals surface area contributed by atoms with E-state index >= 15 is 0 Å². The van der Waals surface area contributed by atoms with Gasteiger partial charge in [0.25, 0.3) is 0 Å². The fraction of sp³-hybridized carbons (Fsp3) is 0.462. The summed E-state index contributed by atoms with van der Waals surface area (Å²) < 4.78 is 10.4. The summed E-state index contributed by atoms with van der Waals surface area (Å²) in [6, 6.07) is 5.72. The number of carbonyl (C=O) groups is 1. The maximum Gasteiger partial charge on any atom is 0.309 e. The second-order valence-corrected chi connectivity index (χ2v) is 4.60. The third kappa shape index (κ3) is 1.44. The van der Waals surface area contributed by atoms with Gasteiger partial charge in [-0.25, -0.2) is 0 Å². The van der Waals surface area contributed by atoms with Crippen LogP contribution >= 0.6 is 0 Å². The molecular weight excluding hydrogens is 220 g/mol. The molecule has 0 aromatic heterocycles. The van der Waals surface area contributed by atoms with Crippen LogP contribution in [0, 0.1) is 0 Å². The van der Waals surface area contributed by atoms with Crippen LogP contribution in [0.3, 0.4) is 0 Å². The number of aliphatic hydroxyl groups is 1. The van der Waals surface area contributed by atoms with Crippen molar-refractivity contribution in [3.05, 3.63) is 29.3 Å². The number of carbonyl (C=O) groups excluding carboxylic acids is 1. The lowest BCUT2D eigenvalue weighted by molar-refractivity contribution is -0.197. The van der Waals surface area contributed by atoms with Crippen LogP contribution in [-0.2, 0) is 16.0 Å². The Morgan fingerprint density at radius 1 is 1.53 bits per heavy atom. The van der Waals surface area contributed by atoms with Crippen molar-refractivity contribution in [2.24, 2.45) is 0 Å². The monoisotopic (exact) mass is 234 g/mol. The molecule has 0 unspecified atom stereocenters. The van der Waals surface area contributed by atoms with Gasteiger partial charge in [0.2, 0.25) is 5.79 Å². The molecule has 1 aromatic rings. The van der Waals surface area contributed by atoms with Gasteiger partial charge in [0, 0.05) is 6.42 Å². The van der Waals surface area contributed by atoms with Crippen molar-refractivity contribution in [3.63, 3.8) is 0 Å². The summed E-state index contributed by atoms with van der Waals surface area (Å²) in [6.45, 7) is 0. The van der Waals surface area contributed by atoms with Crippen molar-refractivity contribution < 1.29 is 19.4 Å². The maximum atomic E-state index is 11.4. The number of hydrogen-bond donors (Lipinski definition) is 1. The van der Waals surface area contributed by atoms with E-state index in [1.54, 1.807) is 7.11 Å². The van der Waals surface area contributed by atoms with Crippen molar-refractivity contribution >= 4 is 5.97 Å². The molecule has 1 aromatic carbocycles. The van der Waals surface area contributed by atoms with Gasteiger partial charge in [-0.3, -0.25) is 4.79 Å². The molecule has 4 heteroatoms. The first-order valence-electron chi connectivity index (χ1n) is 5.74. The average molecular weight is 234 g/mol. The van der Waals surface area contributed by atoms with Gasteiger partial charge in [0.05, 0.1) is 19.4 Å². The van der Waals surface area contributed by atoms with Gasteiger partial charge in [-0.2, -0.15) is 0 Å². The van der Waals surface area contributed by atoms with E-state index < -0.39 is 5.79 Å². The summed E-state index contributed by atoms with van der Waals surface area (Å²) in [7, 11) is 1.63. The lowest BCUT2D eigenvalue weighted by Gasteiger charge is -2.34. The maximum absolute atomic E-state index is 11.4. The SMILES string of the molecule is COc1cccc2c1CC[C@@]1(O)OC(=O)C[C@H]21. The van der Waals surface area contributed by atoms with Crippen molar-refractivity contribution in [1.29, 1.82) is 0 Å².